The largest absolute Gasteiger partial charge is 0.317 e. The molecule has 0 amide bonds. The first-order chi connectivity index (χ1) is 5.38. The molecule has 0 saturated heterocycles. The standard InChI is InChI=1S/C8H11N3/c1-3-9-8-10-6-5-7-11(8)4-2/h3,5-7H,1,4H2,2H3. The fraction of sp³-hybridized carbons (Fsp3) is 0.250. The quantitative estimate of drug-likeness (QED) is 0.615. The second-order valence-electron chi connectivity index (χ2n) is 2.02. The van der Waals surface area contributed by atoms with E-state index in [0.717, 1.165) is 6.54 Å². The summed E-state index contributed by atoms with van der Waals surface area (Å²) >= 11 is 0. The third-order valence-electron chi connectivity index (χ3n) is 1.35. The van der Waals surface area contributed by atoms with Gasteiger partial charge in [-0.3, -0.25) is 0 Å². The molecule has 0 saturated carbocycles. The molecule has 1 aromatic rings. The van der Waals surface area contributed by atoms with Crippen molar-refractivity contribution in [3.05, 3.63) is 36.9 Å². The topological polar surface area (TPSA) is 30.2 Å². The lowest BCUT2D eigenvalue weighted by Gasteiger charge is -1.99. The monoisotopic (exact) mass is 149 g/mol. The Morgan fingerprint density at radius 2 is 2.64 bits per heavy atom. The van der Waals surface area contributed by atoms with Crippen LogP contribution in [0.15, 0.2) is 36.2 Å². The van der Waals surface area contributed by atoms with E-state index in [1.807, 2.05) is 23.8 Å². The van der Waals surface area contributed by atoms with E-state index in [0.29, 0.717) is 5.62 Å². The minimum Gasteiger partial charge on any atom is -0.317 e. The van der Waals surface area contributed by atoms with Crippen molar-refractivity contribution < 1.29 is 0 Å². The van der Waals surface area contributed by atoms with Crippen molar-refractivity contribution in [2.45, 2.75) is 13.5 Å². The predicted molar refractivity (Wildman–Crippen MR) is 43.7 cm³/mol. The summed E-state index contributed by atoms with van der Waals surface area (Å²) in [4.78, 5) is 8.06. The Hall–Kier alpha value is -1.38. The van der Waals surface area contributed by atoms with Crippen LogP contribution in [0.2, 0.25) is 0 Å². The average Bonchev–Trinajstić information content (AvgIpc) is 2.06. The van der Waals surface area contributed by atoms with Gasteiger partial charge in [0.2, 0.25) is 5.62 Å². The van der Waals surface area contributed by atoms with Crippen molar-refractivity contribution >= 4 is 0 Å². The lowest BCUT2D eigenvalue weighted by Crippen LogP contribution is -2.21. The molecule has 0 N–H and O–H groups in total. The molecule has 11 heavy (non-hydrogen) atoms. The molecule has 0 unspecified atom stereocenters. The lowest BCUT2D eigenvalue weighted by molar-refractivity contribution is 0.681. The minimum absolute atomic E-state index is 0.699. The van der Waals surface area contributed by atoms with E-state index in [1.165, 1.54) is 6.20 Å². The van der Waals surface area contributed by atoms with E-state index >= 15 is 0 Å². The van der Waals surface area contributed by atoms with Gasteiger partial charge in [-0.15, -0.1) is 0 Å². The first-order valence-electron chi connectivity index (χ1n) is 3.54. The number of rotatable bonds is 2. The maximum atomic E-state index is 4.06. The van der Waals surface area contributed by atoms with Gasteiger partial charge < -0.3 is 4.57 Å². The van der Waals surface area contributed by atoms with Gasteiger partial charge >= 0.3 is 0 Å². The number of nitrogens with zero attached hydrogens (tertiary/aromatic N) is 3. The fourth-order valence-corrected chi connectivity index (χ4v) is 0.829. The summed E-state index contributed by atoms with van der Waals surface area (Å²) in [7, 11) is 0. The van der Waals surface area contributed by atoms with E-state index in [9.17, 15) is 0 Å². The van der Waals surface area contributed by atoms with E-state index < -0.39 is 0 Å². The number of hydrogen-bond acceptors (Lipinski definition) is 2. The van der Waals surface area contributed by atoms with Gasteiger partial charge in [-0.25, -0.2) is 9.98 Å². The van der Waals surface area contributed by atoms with Crippen molar-refractivity contribution in [2.24, 2.45) is 4.99 Å². The molecular weight excluding hydrogens is 138 g/mol. The van der Waals surface area contributed by atoms with Gasteiger partial charge in [0.25, 0.3) is 0 Å². The Kier molecular flexibility index (Phi) is 2.60. The number of aryl methyl sites for hydroxylation is 1. The Morgan fingerprint density at radius 3 is 3.27 bits per heavy atom. The third-order valence-corrected chi connectivity index (χ3v) is 1.35. The number of hydrogen-bond donors (Lipinski definition) is 0. The molecule has 0 aromatic carbocycles. The third kappa shape index (κ3) is 1.77. The summed E-state index contributed by atoms with van der Waals surface area (Å²) in [5.74, 6) is 0. The van der Waals surface area contributed by atoms with Gasteiger partial charge in [-0.2, -0.15) is 0 Å². The Morgan fingerprint density at radius 1 is 1.82 bits per heavy atom. The summed E-state index contributed by atoms with van der Waals surface area (Å²) in [6, 6.07) is 1.88. The second kappa shape index (κ2) is 3.71. The highest BCUT2D eigenvalue weighted by Crippen LogP contribution is 1.77. The van der Waals surface area contributed by atoms with Crippen LogP contribution < -0.4 is 5.62 Å². The van der Waals surface area contributed by atoms with Crippen molar-refractivity contribution in [3.8, 4) is 0 Å². The van der Waals surface area contributed by atoms with Crippen LogP contribution in [0.1, 0.15) is 6.92 Å². The maximum Gasteiger partial charge on any atom is 0.229 e. The zero-order valence-corrected chi connectivity index (χ0v) is 6.57. The number of aromatic nitrogens is 2. The van der Waals surface area contributed by atoms with E-state index in [2.05, 4.69) is 16.6 Å². The van der Waals surface area contributed by atoms with Crippen molar-refractivity contribution in [1.29, 1.82) is 0 Å². The van der Waals surface area contributed by atoms with Crippen molar-refractivity contribution in [2.75, 3.05) is 0 Å². The zero-order chi connectivity index (χ0) is 8.10. The molecule has 3 heteroatoms. The summed E-state index contributed by atoms with van der Waals surface area (Å²) in [6.45, 7) is 6.43. The molecule has 1 aromatic heterocycles. The van der Waals surface area contributed by atoms with Crippen LogP contribution in [0.5, 0.6) is 0 Å². The first-order valence-corrected chi connectivity index (χ1v) is 3.54. The molecule has 0 fully saturated rings. The summed E-state index contributed by atoms with van der Waals surface area (Å²) < 4.78 is 1.95. The van der Waals surface area contributed by atoms with E-state index in [-0.39, 0.29) is 0 Å². The lowest BCUT2D eigenvalue weighted by atomic mass is 10.6. The zero-order valence-electron chi connectivity index (χ0n) is 6.57. The molecule has 0 aliphatic heterocycles. The fourth-order valence-electron chi connectivity index (χ4n) is 0.829. The van der Waals surface area contributed by atoms with E-state index in [1.54, 1.807) is 6.20 Å². The molecule has 0 aliphatic carbocycles. The molecule has 58 valence electrons. The summed E-state index contributed by atoms with van der Waals surface area (Å²) in [5, 5.41) is 0. The Balaban J connectivity index is 3.23. The SMILES string of the molecule is C=CN=c1ncccn1CC. The van der Waals surface area contributed by atoms with Crippen molar-refractivity contribution in [3.63, 3.8) is 0 Å². The molecule has 0 bridgehead atoms. The second-order valence-corrected chi connectivity index (χ2v) is 2.02. The first kappa shape index (κ1) is 7.72. The molecule has 0 radical (unpaired) electrons. The molecule has 0 atom stereocenters. The van der Waals surface area contributed by atoms with Crippen LogP contribution in [0.4, 0.5) is 0 Å². The highest BCUT2D eigenvalue weighted by Gasteiger charge is 1.85. The van der Waals surface area contributed by atoms with Crippen LogP contribution in [0, 0.1) is 0 Å². The average molecular weight is 149 g/mol. The van der Waals surface area contributed by atoms with Crippen LogP contribution in [0.3, 0.4) is 0 Å². The van der Waals surface area contributed by atoms with Gasteiger partial charge in [0.1, 0.15) is 0 Å². The van der Waals surface area contributed by atoms with Crippen LogP contribution in [-0.4, -0.2) is 9.55 Å². The summed E-state index contributed by atoms with van der Waals surface area (Å²) in [5.41, 5.74) is 0.699. The van der Waals surface area contributed by atoms with Gasteiger partial charge in [-0.1, -0.05) is 6.58 Å². The van der Waals surface area contributed by atoms with Crippen LogP contribution in [-0.2, 0) is 6.54 Å². The molecular formula is C8H11N3. The predicted octanol–water partition coefficient (Wildman–Crippen LogP) is 0.947. The summed E-state index contributed by atoms with van der Waals surface area (Å²) in [6.07, 6.45) is 5.15. The molecule has 1 heterocycles. The van der Waals surface area contributed by atoms with Gasteiger partial charge in [0.05, 0.1) is 0 Å². The highest BCUT2D eigenvalue weighted by molar-refractivity contribution is 4.81. The Labute approximate surface area is 65.7 Å². The van der Waals surface area contributed by atoms with Crippen molar-refractivity contribution in [1.82, 2.24) is 9.55 Å². The van der Waals surface area contributed by atoms with Gasteiger partial charge in [0.15, 0.2) is 0 Å². The smallest absolute Gasteiger partial charge is 0.229 e. The molecule has 1 rings (SSSR count). The van der Waals surface area contributed by atoms with Gasteiger partial charge in [0, 0.05) is 25.1 Å². The van der Waals surface area contributed by atoms with Crippen LogP contribution >= 0.6 is 0 Å². The van der Waals surface area contributed by atoms with Crippen LogP contribution in [0.25, 0.3) is 0 Å². The van der Waals surface area contributed by atoms with E-state index in [4.69, 9.17) is 0 Å². The molecule has 0 spiro atoms. The van der Waals surface area contributed by atoms with Gasteiger partial charge in [-0.05, 0) is 13.0 Å². The Bertz CT molecular complexity index is 298. The molecule has 0 aliphatic rings. The highest BCUT2D eigenvalue weighted by atomic mass is 15.1. The minimum atomic E-state index is 0.699. The maximum absolute atomic E-state index is 4.06. The normalized spacial score (nSPS) is 11.5. The molecule has 3 nitrogen and oxygen atoms in total.